The van der Waals surface area contributed by atoms with Crippen LogP contribution in [0.1, 0.15) is 21.5 Å². The summed E-state index contributed by atoms with van der Waals surface area (Å²) in [6.45, 7) is 1.91. The molecular formula is C18H20N4O3. The molecule has 0 atom stereocenters. The highest BCUT2D eigenvalue weighted by atomic mass is 16.2. The summed E-state index contributed by atoms with van der Waals surface area (Å²) < 4.78 is 0. The first-order valence-electron chi connectivity index (χ1n) is 7.76. The monoisotopic (exact) mass is 340 g/mol. The van der Waals surface area contributed by atoms with Gasteiger partial charge in [0.05, 0.1) is 0 Å². The van der Waals surface area contributed by atoms with Gasteiger partial charge in [-0.2, -0.15) is 0 Å². The van der Waals surface area contributed by atoms with Crippen molar-refractivity contribution in [1.29, 1.82) is 0 Å². The molecule has 2 aromatic carbocycles. The second-order valence-electron chi connectivity index (χ2n) is 5.34. The van der Waals surface area contributed by atoms with Gasteiger partial charge in [0, 0.05) is 12.1 Å². The maximum Gasteiger partial charge on any atom is 0.315 e. The van der Waals surface area contributed by atoms with Gasteiger partial charge >= 0.3 is 6.03 Å². The molecule has 2 rings (SSSR count). The standard InChI is InChI=1S/C18H20N4O3/c1-13-7-5-6-10-15(13)17(24)22-21-16(23)12-20-18(25)19-11-14-8-3-2-4-9-14/h2-10H,11-12H2,1H3,(H,21,23)(H,22,24)(H2,19,20,25). The van der Waals surface area contributed by atoms with E-state index in [0.717, 1.165) is 11.1 Å². The van der Waals surface area contributed by atoms with E-state index in [1.165, 1.54) is 0 Å². The Morgan fingerprint density at radius 3 is 2.24 bits per heavy atom. The Labute approximate surface area is 145 Å². The van der Waals surface area contributed by atoms with Crippen LogP contribution in [0.15, 0.2) is 54.6 Å². The van der Waals surface area contributed by atoms with Crippen LogP contribution in [0, 0.1) is 6.92 Å². The summed E-state index contributed by atoms with van der Waals surface area (Å²) in [5.74, 6) is -0.947. The zero-order chi connectivity index (χ0) is 18.1. The van der Waals surface area contributed by atoms with Crippen LogP contribution < -0.4 is 21.5 Å². The maximum atomic E-state index is 11.9. The number of carbonyl (C=O) groups excluding carboxylic acids is 3. The lowest BCUT2D eigenvalue weighted by atomic mass is 10.1. The molecule has 0 spiro atoms. The Hall–Kier alpha value is -3.35. The number of hydrogen-bond acceptors (Lipinski definition) is 3. The molecule has 7 nitrogen and oxygen atoms in total. The smallest absolute Gasteiger partial charge is 0.315 e. The van der Waals surface area contributed by atoms with E-state index in [0.29, 0.717) is 12.1 Å². The molecule has 0 aliphatic carbocycles. The van der Waals surface area contributed by atoms with Crippen LogP contribution in [0.4, 0.5) is 4.79 Å². The van der Waals surface area contributed by atoms with Crippen LogP contribution in [-0.4, -0.2) is 24.4 Å². The fourth-order valence-corrected chi connectivity index (χ4v) is 2.07. The Bertz CT molecular complexity index is 747. The van der Waals surface area contributed by atoms with Crippen LogP contribution in [0.5, 0.6) is 0 Å². The highest BCUT2D eigenvalue weighted by Crippen LogP contribution is 2.05. The molecule has 4 N–H and O–H groups in total. The molecule has 0 saturated carbocycles. The van der Waals surface area contributed by atoms with Gasteiger partial charge in [0.15, 0.2) is 0 Å². The third-order valence-corrected chi connectivity index (χ3v) is 3.41. The van der Waals surface area contributed by atoms with Crippen LogP contribution >= 0.6 is 0 Å². The second-order valence-corrected chi connectivity index (χ2v) is 5.34. The fourth-order valence-electron chi connectivity index (χ4n) is 2.07. The quantitative estimate of drug-likeness (QED) is 0.617. The van der Waals surface area contributed by atoms with Gasteiger partial charge in [-0.25, -0.2) is 4.79 Å². The van der Waals surface area contributed by atoms with Crippen LogP contribution in [0.3, 0.4) is 0 Å². The van der Waals surface area contributed by atoms with Gasteiger partial charge in [0.25, 0.3) is 11.8 Å². The van der Waals surface area contributed by atoms with E-state index in [1.807, 2.05) is 36.4 Å². The molecule has 0 unspecified atom stereocenters. The Kier molecular flexibility index (Phi) is 6.53. The number of rotatable bonds is 5. The molecule has 4 amide bonds. The fraction of sp³-hybridized carbons (Fsp3) is 0.167. The Morgan fingerprint density at radius 1 is 0.840 bits per heavy atom. The highest BCUT2D eigenvalue weighted by molar-refractivity contribution is 5.96. The predicted octanol–water partition coefficient (Wildman–Crippen LogP) is 1.26. The van der Waals surface area contributed by atoms with Gasteiger partial charge in [-0.05, 0) is 24.1 Å². The van der Waals surface area contributed by atoms with E-state index in [2.05, 4.69) is 21.5 Å². The summed E-state index contributed by atoms with van der Waals surface area (Å²) in [7, 11) is 0. The van der Waals surface area contributed by atoms with Crippen molar-refractivity contribution in [3.8, 4) is 0 Å². The van der Waals surface area contributed by atoms with E-state index < -0.39 is 17.8 Å². The molecule has 7 heteroatoms. The van der Waals surface area contributed by atoms with Crippen molar-refractivity contribution in [1.82, 2.24) is 21.5 Å². The highest BCUT2D eigenvalue weighted by Gasteiger charge is 2.10. The van der Waals surface area contributed by atoms with Gasteiger partial charge in [-0.1, -0.05) is 48.5 Å². The van der Waals surface area contributed by atoms with E-state index in [4.69, 9.17) is 0 Å². The van der Waals surface area contributed by atoms with E-state index in [1.54, 1.807) is 25.1 Å². The molecule has 0 heterocycles. The Morgan fingerprint density at radius 2 is 1.52 bits per heavy atom. The lowest BCUT2D eigenvalue weighted by Gasteiger charge is -2.10. The molecule has 0 aromatic heterocycles. The van der Waals surface area contributed by atoms with Crippen molar-refractivity contribution in [2.45, 2.75) is 13.5 Å². The number of hydrazine groups is 1. The average Bonchev–Trinajstić information content (AvgIpc) is 2.64. The van der Waals surface area contributed by atoms with Gasteiger partial charge < -0.3 is 10.6 Å². The number of amides is 4. The minimum Gasteiger partial charge on any atom is -0.334 e. The molecule has 0 fully saturated rings. The van der Waals surface area contributed by atoms with Gasteiger partial charge in [0.1, 0.15) is 6.54 Å². The van der Waals surface area contributed by atoms with E-state index in [9.17, 15) is 14.4 Å². The van der Waals surface area contributed by atoms with Gasteiger partial charge in [-0.3, -0.25) is 20.4 Å². The first-order valence-corrected chi connectivity index (χ1v) is 7.76. The van der Waals surface area contributed by atoms with E-state index >= 15 is 0 Å². The van der Waals surface area contributed by atoms with Crippen LogP contribution in [0.25, 0.3) is 0 Å². The molecule has 0 radical (unpaired) electrons. The van der Waals surface area contributed by atoms with Crippen molar-refractivity contribution in [2.24, 2.45) is 0 Å². The number of aryl methyl sites for hydroxylation is 1. The molecule has 0 aliphatic rings. The third kappa shape index (κ3) is 5.98. The lowest BCUT2D eigenvalue weighted by molar-refractivity contribution is -0.120. The summed E-state index contributed by atoms with van der Waals surface area (Å²) in [5.41, 5.74) is 6.79. The summed E-state index contributed by atoms with van der Waals surface area (Å²) in [6.07, 6.45) is 0. The predicted molar refractivity (Wildman–Crippen MR) is 93.5 cm³/mol. The topological polar surface area (TPSA) is 99.3 Å². The number of benzene rings is 2. The molecule has 0 bridgehead atoms. The molecule has 130 valence electrons. The van der Waals surface area contributed by atoms with Crippen LogP contribution in [0.2, 0.25) is 0 Å². The second kappa shape index (κ2) is 9.07. The minimum absolute atomic E-state index is 0.255. The number of carbonyl (C=O) groups is 3. The summed E-state index contributed by atoms with van der Waals surface area (Å²) in [4.78, 5) is 35.3. The summed E-state index contributed by atoms with van der Waals surface area (Å²) >= 11 is 0. The van der Waals surface area contributed by atoms with Crippen molar-refractivity contribution in [2.75, 3.05) is 6.54 Å². The molecule has 2 aromatic rings. The van der Waals surface area contributed by atoms with Crippen molar-refractivity contribution in [3.63, 3.8) is 0 Å². The number of nitrogens with one attached hydrogen (secondary N) is 4. The van der Waals surface area contributed by atoms with Crippen LogP contribution in [-0.2, 0) is 11.3 Å². The Balaban J connectivity index is 1.67. The zero-order valence-corrected chi connectivity index (χ0v) is 13.8. The molecule has 0 saturated heterocycles. The summed E-state index contributed by atoms with van der Waals surface area (Å²) in [5, 5.41) is 5.05. The normalized spacial score (nSPS) is 9.80. The first kappa shape index (κ1) is 18.0. The largest absolute Gasteiger partial charge is 0.334 e. The first-order chi connectivity index (χ1) is 12.1. The lowest BCUT2D eigenvalue weighted by Crippen LogP contribution is -2.48. The van der Waals surface area contributed by atoms with E-state index in [-0.39, 0.29) is 6.54 Å². The summed E-state index contributed by atoms with van der Waals surface area (Å²) in [6, 6.07) is 16.0. The third-order valence-electron chi connectivity index (χ3n) is 3.41. The van der Waals surface area contributed by atoms with Crippen molar-refractivity contribution >= 4 is 17.8 Å². The zero-order valence-electron chi connectivity index (χ0n) is 13.8. The number of urea groups is 1. The van der Waals surface area contributed by atoms with Crippen molar-refractivity contribution < 1.29 is 14.4 Å². The minimum atomic E-state index is -0.531. The van der Waals surface area contributed by atoms with Gasteiger partial charge in [-0.15, -0.1) is 0 Å². The maximum absolute atomic E-state index is 11.9. The van der Waals surface area contributed by atoms with Gasteiger partial charge in [0.2, 0.25) is 0 Å². The van der Waals surface area contributed by atoms with Crippen molar-refractivity contribution in [3.05, 3.63) is 71.3 Å². The average molecular weight is 340 g/mol. The SMILES string of the molecule is Cc1ccccc1C(=O)NNC(=O)CNC(=O)NCc1ccccc1. The molecule has 25 heavy (non-hydrogen) atoms. The molecular weight excluding hydrogens is 320 g/mol. The number of hydrogen-bond donors (Lipinski definition) is 4. The molecule has 0 aliphatic heterocycles.